The van der Waals surface area contributed by atoms with Gasteiger partial charge in [0, 0.05) is 5.69 Å². The van der Waals surface area contributed by atoms with Crippen LogP contribution in [0.3, 0.4) is 0 Å². The molecule has 3 N–H and O–H groups in total. The zero-order chi connectivity index (χ0) is 12.3. The Balaban J connectivity index is 2.77. The van der Waals surface area contributed by atoms with Crippen molar-refractivity contribution in [1.29, 1.82) is 0 Å². The lowest BCUT2D eigenvalue weighted by Crippen LogP contribution is -2.37. The van der Waals surface area contributed by atoms with Gasteiger partial charge in [0.25, 0.3) is 0 Å². The predicted octanol–water partition coefficient (Wildman–Crippen LogP) is 1.81. The van der Waals surface area contributed by atoms with Crippen LogP contribution in [0.2, 0.25) is 5.02 Å². The van der Waals surface area contributed by atoms with Gasteiger partial charge in [0.15, 0.2) is 0 Å². The molecule has 0 fully saturated rings. The molecule has 1 atom stereocenters. The van der Waals surface area contributed by atoms with Gasteiger partial charge in [0.05, 0.1) is 16.8 Å². The number of hydrogen-bond donors (Lipinski definition) is 2. The van der Waals surface area contributed by atoms with Crippen LogP contribution in [0, 0.1) is 0 Å². The van der Waals surface area contributed by atoms with Crippen molar-refractivity contribution < 1.29 is 4.79 Å². The summed E-state index contributed by atoms with van der Waals surface area (Å²) in [5.74, 6) is -0.100. The van der Waals surface area contributed by atoms with E-state index < -0.39 is 0 Å². The molecular formula is C11H16ClN3O. The van der Waals surface area contributed by atoms with Crippen molar-refractivity contribution in [2.24, 2.45) is 0 Å². The molecule has 88 valence electrons. The van der Waals surface area contributed by atoms with E-state index >= 15 is 0 Å². The highest BCUT2D eigenvalue weighted by Crippen LogP contribution is 2.24. The molecular weight excluding hydrogens is 226 g/mol. The van der Waals surface area contributed by atoms with E-state index in [2.05, 4.69) is 5.32 Å². The van der Waals surface area contributed by atoms with Gasteiger partial charge in [0.1, 0.15) is 0 Å². The lowest BCUT2D eigenvalue weighted by Gasteiger charge is -2.19. The first kappa shape index (κ1) is 12.8. The summed E-state index contributed by atoms with van der Waals surface area (Å²) in [6, 6.07) is 4.78. The quantitative estimate of drug-likeness (QED) is 0.794. The standard InChI is InChI=1S/C11H16ClN3O/c1-7(15(2)3)11(16)14-10-5-4-8(13)6-9(10)12/h4-7H,13H2,1-3H3,(H,14,16). The number of likely N-dealkylation sites (N-methyl/N-ethyl adjacent to an activating group) is 1. The third-order valence-electron chi connectivity index (χ3n) is 2.41. The van der Waals surface area contributed by atoms with Gasteiger partial charge in [-0.25, -0.2) is 0 Å². The smallest absolute Gasteiger partial charge is 0.241 e. The highest BCUT2D eigenvalue weighted by Gasteiger charge is 2.15. The van der Waals surface area contributed by atoms with E-state index in [4.69, 9.17) is 17.3 Å². The molecule has 0 aliphatic carbocycles. The van der Waals surface area contributed by atoms with Crippen LogP contribution in [0.1, 0.15) is 6.92 Å². The van der Waals surface area contributed by atoms with E-state index in [-0.39, 0.29) is 11.9 Å². The fraction of sp³-hybridized carbons (Fsp3) is 0.364. The van der Waals surface area contributed by atoms with Crippen LogP contribution in [-0.4, -0.2) is 30.9 Å². The van der Waals surface area contributed by atoms with Gasteiger partial charge < -0.3 is 11.1 Å². The molecule has 0 saturated carbocycles. The Kier molecular flexibility index (Phi) is 4.15. The monoisotopic (exact) mass is 241 g/mol. The molecule has 0 spiro atoms. The number of nitrogens with one attached hydrogen (secondary N) is 1. The van der Waals surface area contributed by atoms with E-state index in [0.29, 0.717) is 16.4 Å². The zero-order valence-electron chi connectivity index (χ0n) is 9.62. The Hall–Kier alpha value is -1.26. The van der Waals surface area contributed by atoms with Gasteiger partial charge >= 0.3 is 0 Å². The fourth-order valence-electron chi connectivity index (χ4n) is 1.10. The summed E-state index contributed by atoms with van der Waals surface area (Å²) in [6.07, 6.45) is 0. The maximum Gasteiger partial charge on any atom is 0.241 e. The number of nitrogens with two attached hydrogens (primary N) is 1. The Morgan fingerprint density at radius 3 is 2.62 bits per heavy atom. The molecule has 5 heteroatoms. The Bertz CT molecular complexity index is 393. The second-order valence-electron chi connectivity index (χ2n) is 3.87. The van der Waals surface area contributed by atoms with Crippen LogP contribution in [0.25, 0.3) is 0 Å². The lowest BCUT2D eigenvalue weighted by molar-refractivity contribution is -0.119. The van der Waals surface area contributed by atoms with E-state index in [1.165, 1.54) is 0 Å². The Morgan fingerprint density at radius 2 is 2.12 bits per heavy atom. The molecule has 0 aromatic heterocycles. The Morgan fingerprint density at radius 1 is 1.50 bits per heavy atom. The van der Waals surface area contributed by atoms with Crippen molar-refractivity contribution in [3.05, 3.63) is 23.2 Å². The fourth-order valence-corrected chi connectivity index (χ4v) is 1.34. The van der Waals surface area contributed by atoms with Crippen molar-refractivity contribution in [3.8, 4) is 0 Å². The van der Waals surface area contributed by atoms with Crippen LogP contribution in [-0.2, 0) is 4.79 Å². The minimum atomic E-state index is -0.214. The number of rotatable bonds is 3. The number of carbonyl (C=O) groups excluding carboxylic acids is 1. The van der Waals surface area contributed by atoms with Gasteiger partial charge in [-0.3, -0.25) is 9.69 Å². The molecule has 1 rings (SSSR count). The van der Waals surface area contributed by atoms with Gasteiger partial charge in [-0.05, 0) is 39.2 Å². The van der Waals surface area contributed by atoms with E-state index in [1.54, 1.807) is 18.2 Å². The molecule has 0 aliphatic rings. The van der Waals surface area contributed by atoms with Gasteiger partial charge in [-0.1, -0.05) is 11.6 Å². The van der Waals surface area contributed by atoms with Crippen LogP contribution < -0.4 is 11.1 Å². The number of carbonyl (C=O) groups is 1. The summed E-state index contributed by atoms with van der Waals surface area (Å²) in [5.41, 5.74) is 6.71. The first-order chi connectivity index (χ1) is 7.41. The van der Waals surface area contributed by atoms with Crippen molar-refractivity contribution in [3.63, 3.8) is 0 Å². The maximum atomic E-state index is 11.7. The average Bonchev–Trinajstić information content (AvgIpc) is 2.20. The van der Waals surface area contributed by atoms with E-state index in [0.717, 1.165) is 0 Å². The first-order valence-electron chi connectivity index (χ1n) is 4.94. The number of nitrogen functional groups attached to an aromatic ring is 1. The molecule has 4 nitrogen and oxygen atoms in total. The lowest BCUT2D eigenvalue weighted by atomic mass is 10.2. The number of hydrogen-bond acceptors (Lipinski definition) is 3. The molecule has 0 heterocycles. The average molecular weight is 242 g/mol. The Labute approximate surface area is 100 Å². The minimum Gasteiger partial charge on any atom is -0.399 e. The number of halogens is 1. The third-order valence-corrected chi connectivity index (χ3v) is 2.72. The van der Waals surface area contributed by atoms with Crippen molar-refractivity contribution in [2.45, 2.75) is 13.0 Å². The third kappa shape index (κ3) is 3.12. The number of anilines is 2. The minimum absolute atomic E-state index is 0.100. The summed E-state index contributed by atoms with van der Waals surface area (Å²) in [6.45, 7) is 1.82. The molecule has 0 aliphatic heterocycles. The SMILES string of the molecule is CC(C(=O)Nc1ccc(N)cc1Cl)N(C)C. The van der Waals surface area contributed by atoms with Crippen LogP contribution in [0.5, 0.6) is 0 Å². The summed E-state index contributed by atoms with van der Waals surface area (Å²) >= 11 is 5.95. The normalized spacial score (nSPS) is 12.6. The van der Waals surface area contributed by atoms with Crippen LogP contribution >= 0.6 is 11.6 Å². The van der Waals surface area contributed by atoms with E-state index in [1.807, 2.05) is 25.9 Å². The number of benzene rings is 1. The molecule has 0 radical (unpaired) electrons. The van der Waals surface area contributed by atoms with Crippen molar-refractivity contribution >= 4 is 28.9 Å². The molecule has 0 saturated heterocycles. The highest BCUT2D eigenvalue weighted by atomic mass is 35.5. The molecule has 1 aromatic carbocycles. The highest BCUT2D eigenvalue weighted by molar-refractivity contribution is 6.34. The maximum absolute atomic E-state index is 11.7. The summed E-state index contributed by atoms with van der Waals surface area (Å²) in [5, 5.41) is 3.19. The second kappa shape index (κ2) is 5.18. The predicted molar refractivity (Wildman–Crippen MR) is 67.6 cm³/mol. The van der Waals surface area contributed by atoms with E-state index in [9.17, 15) is 4.79 Å². The van der Waals surface area contributed by atoms with Crippen LogP contribution in [0.15, 0.2) is 18.2 Å². The van der Waals surface area contributed by atoms with Gasteiger partial charge in [0.2, 0.25) is 5.91 Å². The number of amides is 1. The molecule has 1 amide bonds. The van der Waals surface area contributed by atoms with Crippen molar-refractivity contribution in [1.82, 2.24) is 4.90 Å². The molecule has 16 heavy (non-hydrogen) atoms. The first-order valence-corrected chi connectivity index (χ1v) is 5.32. The molecule has 0 bridgehead atoms. The molecule has 1 unspecified atom stereocenters. The second-order valence-corrected chi connectivity index (χ2v) is 4.28. The summed E-state index contributed by atoms with van der Waals surface area (Å²) in [7, 11) is 3.68. The zero-order valence-corrected chi connectivity index (χ0v) is 10.4. The molecule has 1 aromatic rings. The van der Waals surface area contributed by atoms with Gasteiger partial charge in [-0.15, -0.1) is 0 Å². The van der Waals surface area contributed by atoms with Crippen LogP contribution in [0.4, 0.5) is 11.4 Å². The largest absolute Gasteiger partial charge is 0.399 e. The topological polar surface area (TPSA) is 58.4 Å². The summed E-state index contributed by atoms with van der Waals surface area (Å²) in [4.78, 5) is 13.6. The van der Waals surface area contributed by atoms with Gasteiger partial charge in [-0.2, -0.15) is 0 Å². The summed E-state index contributed by atoms with van der Waals surface area (Å²) < 4.78 is 0. The van der Waals surface area contributed by atoms with Crippen molar-refractivity contribution in [2.75, 3.05) is 25.1 Å². The number of nitrogens with zero attached hydrogens (tertiary/aromatic N) is 1.